The Balaban J connectivity index is 2.16. The molecule has 1 amide bonds. The second-order valence-corrected chi connectivity index (χ2v) is 6.89. The highest BCUT2D eigenvalue weighted by atomic mass is 79.9. The lowest BCUT2D eigenvalue weighted by atomic mass is 9.90. The molecule has 0 bridgehead atoms. The molecule has 3 nitrogen and oxygen atoms in total. The van der Waals surface area contributed by atoms with E-state index in [0.717, 1.165) is 54.2 Å². The van der Waals surface area contributed by atoms with Gasteiger partial charge < -0.3 is 10.6 Å². The highest BCUT2D eigenvalue weighted by molar-refractivity contribution is 9.10. The Bertz CT molecular complexity index is 496. The fourth-order valence-corrected chi connectivity index (χ4v) is 3.37. The van der Waals surface area contributed by atoms with Crippen molar-refractivity contribution < 1.29 is 4.79 Å². The Morgan fingerprint density at radius 1 is 1.33 bits per heavy atom. The van der Waals surface area contributed by atoms with Gasteiger partial charge >= 0.3 is 0 Å². The molecule has 1 fully saturated rings. The topological polar surface area (TPSA) is 46.3 Å². The van der Waals surface area contributed by atoms with Gasteiger partial charge in [0.05, 0.1) is 0 Å². The van der Waals surface area contributed by atoms with Crippen LogP contribution in [0.15, 0.2) is 22.7 Å². The standard InChI is InChI=1S/C17H25BrN2O/c1-3-10-20(15-8-6-14(19)7-9-15)17(21)13-5-4-12(2)16(18)11-13/h4-5,11,14-15H,3,6-10,19H2,1-2H3. The van der Waals surface area contributed by atoms with Crippen LogP contribution in [0.2, 0.25) is 0 Å². The van der Waals surface area contributed by atoms with E-state index in [0.29, 0.717) is 12.1 Å². The summed E-state index contributed by atoms with van der Waals surface area (Å²) in [6, 6.07) is 6.53. The van der Waals surface area contributed by atoms with Gasteiger partial charge in [-0.2, -0.15) is 0 Å². The van der Waals surface area contributed by atoms with Crippen molar-refractivity contribution in [1.82, 2.24) is 4.90 Å². The molecule has 116 valence electrons. The highest BCUT2D eigenvalue weighted by Crippen LogP contribution is 2.25. The van der Waals surface area contributed by atoms with E-state index >= 15 is 0 Å². The third-order valence-corrected chi connectivity index (χ3v) is 5.18. The molecule has 0 unspecified atom stereocenters. The van der Waals surface area contributed by atoms with Crippen molar-refractivity contribution in [2.45, 2.75) is 58.0 Å². The van der Waals surface area contributed by atoms with Crippen LogP contribution in [0.25, 0.3) is 0 Å². The molecule has 1 aliphatic carbocycles. The van der Waals surface area contributed by atoms with Crippen molar-refractivity contribution in [3.63, 3.8) is 0 Å². The summed E-state index contributed by atoms with van der Waals surface area (Å²) in [4.78, 5) is 14.9. The predicted molar refractivity (Wildman–Crippen MR) is 90.4 cm³/mol. The van der Waals surface area contributed by atoms with Crippen molar-refractivity contribution in [3.8, 4) is 0 Å². The maximum Gasteiger partial charge on any atom is 0.254 e. The highest BCUT2D eigenvalue weighted by Gasteiger charge is 2.27. The lowest BCUT2D eigenvalue weighted by molar-refractivity contribution is 0.0626. The van der Waals surface area contributed by atoms with Gasteiger partial charge in [0.25, 0.3) is 5.91 Å². The SMILES string of the molecule is CCCN(C(=O)c1ccc(C)c(Br)c1)C1CCC(N)CC1. The van der Waals surface area contributed by atoms with E-state index in [1.165, 1.54) is 0 Å². The second-order valence-electron chi connectivity index (χ2n) is 6.03. The number of rotatable bonds is 4. The van der Waals surface area contributed by atoms with E-state index in [9.17, 15) is 4.79 Å². The zero-order chi connectivity index (χ0) is 15.4. The van der Waals surface area contributed by atoms with Gasteiger partial charge in [0.15, 0.2) is 0 Å². The van der Waals surface area contributed by atoms with E-state index < -0.39 is 0 Å². The van der Waals surface area contributed by atoms with Crippen LogP contribution >= 0.6 is 15.9 Å². The van der Waals surface area contributed by atoms with Crippen LogP contribution < -0.4 is 5.73 Å². The third-order valence-electron chi connectivity index (χ3n) is 4.33. The largest absolute Gasteiger partial charge is 0.336 e. The van der Waals surface area contributed by atoms with E-state index in [2.05, 4.69) is 27.8 Å². The van der Waals surface area contributed by atoms with E-state index in [1.54, 1.807) is 0 Å². The quantitative estimate of drug-likeness (QED) is 0.893. The van der Waals surface area contributed by atoms with E-state index in [4.69, 9.17) is 5.73 Å². The summed E-state index contributed by atoms with van der Waals surface area (Å²) in [7, 11) is 0. The zero-order valence-corrected chi connectivity index (χ0v) is 14.5. The number of nitrogens with two attached hydrogens (primary N) is 1. The number of benzene rings is 1. The van der Waals surface area contributed by atoms with Gasteiger partial charge in [0.2, 0.25) is 0 Å². The van der Waals surface area contributed by atoms with Crippen molar-refractivity contribution in [2.75, 3.05) is 6.54 Å². The minimum Gasteiger partial charge on any atom is -0.336 e. The van der Waals surface area contributed by atoms with Crippen LogP contribution in [0, 0.1) is 6.92 Å². The number of aryl methyl sites for hydroxylation is 1. The monoisotopic (exact) mass is 352 g/mol. The second kappa shape index (κ2) is 7.41. The van der Waals surface area contributed by atoms with Crippen molar-refractivity contribution in [1.29, 1.82) is 0 Å². The summed E-state index contributed by atoms with van der Waals surface area (Å²) in [5, 5.41) is 0. The summed E-state index contributed by atoms with van der Waals surface area (Å²) >= 11 is 3.52. The smallest absolute Gasteiger partial charge is 0.254 e. The first kappa shape index (κ1) is 16.5. The van der Waals surface area contributed by atoms with Gasteiger partial charge in [-0.15, -0.1) is 0 Å². The van der Waals surface area contributed by atoms with Gasteiger partial charge in [-0.05, 0) is 56.7 Å². The molecule has 1 saturated carbocycles. The molecule has 21 heavy (non-hydrogen) atoms. The van der Waals surface area contributed by atoms with Gasteiger partial charge in [0.1, 0.15) is 0 Å². The first-order chi connectivity index (χ1) is 10.0. The van der Waals surface area contributed by atoms with E-state index in [-0.39, 0.29) is 5.91 Å². The Kier molecular flexibility index (Phi) is 5.82. The number of carbonyl (C=O) groups excluding carboxylic acids is 1. The number of carbonyl (C=O) groups is 1. The van der Waals surface area contributed by atoms with Gasteiger partial charge in [-0.3, -0.25) is 4.79 Å². The Morgan fingerprint density at radius 2 is 2.00 bits per heavy atom. The minimum atomic E-state index is 0.151. The first-order valence-corrected chi connectivity index (χ1v) is 8.65. The Hall–Kier alpha value is -0.870. The van der Waals surface area contributed by atoms with Crippen LogP contribution in [0.1, 0.15) is 54.9 Å². The van der Waals surface area contributed by atoms with Crippen molar-refractivity contribution >= 4 is 21.8 Å². The average Bonchev–Trinajstić information content (AvgIpc) is 2.48. The number of hydrogen-bond acceptors (Lipinski definition) is 2. The molecule has 4 heteroatoms. The molecule has 0 aliphatic heterocycles. The molecule has 0 aromatic heterocycles. The lowest BCUT2D eigenvalue weighted by Gasteiger charge is -2.36. The Labute approximate surface area is 136 Å². The molecule has 1 aromatic rings. The molecule has 0 spiro atoms. The van der Waals surface area contributed by atoms with Crippen LogP contribution in [0.3, 0.4) is 0 Å². The van der Waals surface area contributed by atoms with Gasteiger partial charge in [0, 0.05) is 28.7 Å². The maximum atomic E-state index is 12.9. The Morgan fingerprint density at radius 3 is 2.57 bits per heavy atom. The van der Waals surface area contributed by atoms with Crippen LogP contribution in [0.4, 0.5) is 0 Å². The first-order valence-electron chi connectivity index (χ1n) is 7.85. The average molecular weight is 353 g/mol. The number of amides is 1. The minimum absolute atomic E-state index is 0.151. The van der Waals surface area contributed by atoms with Crippen molar-refractivity contribution in [3.05, 3.63) is 33.8 Å². The van der Waals surface area contributed by atoms with Crippen LogP contribution in [-0.4, -0.2) is 29.4 Å². The summed E-state index contributed by atoms with van der Waals surface area (Å²) in [5.41, 5.74) is 7.91. The summed E-state index contributed by atoms with van der Waals surface area (Å²) < 4.78 is 0.996. The molecule has 0 saturated heterocycles. The molecular formula is C17H25BrN2O. The summed E-state index contributed by atoms with van der Waals surface area (Å²) in [6.45, 7) is 4.98. The molecule has 2 rings (SSSR count). The number of halogens is 1. The van der Waals surface area contributed by atoms with Crippen molar-refractivity contribution in [2.24, 2.45) is 5.73 Å². The van der Waals surface area contributed by atoms with Crippen LogP contribution in [-0.2, 0) is 0 Å². The molecule has 0 atom stereocenters. The van der Waals surface area contributed by atoms with Crippen LogP contribution in [0.5, 0.6) is 0 Å². The predicted octanol–water partition coefficient (Wildman–Crippen LogP) is 3.88. The summed E-state index contributed by atoms with van der Waals surface area (Å²) in [5.74, 6) is 0.151. The lowest BCUT2D eigenvalue weighted by Crippen LogP contribution is -2.44. The van der Waals surface area contributed by atoms with Gasteiger partial charge in [-0.1, -0.05) is 28.9 Å². The number of hydrogen-bond donors (Lipinski definition) is 1. The molecule has 1 aromatic carbocycles. The fourth-order valence-electron chi connectivity index (χ4n) is 3.00. The molecular weight excluding hydrogens is 328 g/mol. The molecule has 0 heterocycles. The maximum absolute atomic E-state index is 12.9. The summed E-state index contributed by atoms with van der Waals surface area (Å²) in [6.07, 6.45) is 5.09. The van der Waals surface area contributed by atoms with Gasteiger partial charge in [-0.25, -0.2) is 0 Å². The molecule has 2 N–H and O–H groups in total. The number of nitrogens with zero attached hydrogens (tertiary/aromatic N) is 1. The fraction of sp³-hybridized carbons (Fsp3) is 0.588. The molecule has 1 aliphatic rings. The molecule has 0 radical (unpaired) electrons. The zero-order valence-electron chi connectivity index (χ0n) is 12.9. The third kappa shape index (κ3) is 4.07. The van der Waals surface area contributed by atoms with E-state index in [1.807, 2.05) is 25.1 Å². The normalized spacial score (nSPS) is 22.1.